The fourth-order valence-electron chi connectivity index (χ4n) is 1.90. The zero-order valence-electron chi connectivity index (χ0n) is 12.5. The van der Waals surface area contributed by atoms with E-state index in [-0.39, 0.29) is 0 Å². The standard InChI is InChI=1S/C13H29N3OS/c1-6-16(12(3)11-15(4)5)13(18)14-9-8-10-17-7-2/h12H,6-11H2,1-5H3,(H,14,18). The second kappa shape index (κ2) is 10.5. The van der Waals surface area contributed by atoms with Gasteiger partial charge in [0.25, 0.3) is 0 Å². The Labute approximate surface area is 118 Å². The number of hydrogen-bond donors (Lipinski definition) is 1. The first kappa shape index (κ1) is 17.6. The number of nitrogens with one attached hydrogen (secondary N) is 1. The predicted octanol–water partition coefficient (Wildman–Crippen LogP) is 1.56. The maximum Gasteiger partial charge on any atom is 0.169 e. The van der Waals surface area contributed by atoms with Crippen LogP contribution in [0.3, 0.4) is 0 Å². The van der Waals surface area contributed by atoms with Gasteiger partial charge in [0.15, 0.2) is 5.11 Å². The molecule has 0 aromatic carbocycles. The van der Waals surface area contributed by atoms with Crippen molar-refractivity contribution in [2.45, 2.75) is 33.2 Å². The van der Waals surface area contributed by atoms with Crippen LogP contribution in [0, 0.1) is 0 Å². The van der Waals surface area contributed by atoms with Crippen molar-refractivity contribution in [1.82, 2.24) is 15.1 Å². The summed E-state index contributed by atoms with van der Waals surface area (Å²) >= 11 is 5.44. The Bertz CT molecular complexity index is 224. The van der Waals surface area contributed by atoms with Crippen molar-refractivity contribution in [3.8, 4) is 0 Å². The quantitative estimate of drug-likeness (QED) is 0.509. The minimum Gasteiger partial charge on any atom is -0.382 e. The number of thiocarbonyl (C=S) groups is 1. The van der Waals surface area contributed by atoms with Crippen molar-refractivity contribution in [3.05, 3.63) is 0 Å². The van der Waals surface area contributed by atoms with Crippen LogP contribution in [0.4, 0.5) is 0 Å². The molecule has 0 amide bonds. The van der Waals surface area contributed by atoms with Crippen LogP contribution in [-0.4, -0.2) is 67.9 Å². The third-order valence-electron chi connectivity index (χ3n) is 2.71. The predicted molar refractivity (Wildman–Crippen MR) is 82.1 cm³/mol. The van der Waals surface area contributed by atoms with Gasteiger partial charge in [0, 0.05) is 38.9 Å². The Hall–Kier alpha value is -0.390. The summed E-state index contributed by atoms with van der Waals surface area (Å²) in [6.45, 7) is 10.8. The van der Waals surface area contributed by atoms with Gasteiger partial charge in [0.1, 0.15) is 0 Å². The van der Waals surface area contributed by atoms with Gasteiger partial charge in [0.05, 0.1) is 0 Å². The van der Waals surface area contributed by atoms with Crippen LogP contribution in [0.2, 0.25) is 0 Å². The summed E-state index contributed by atoms with van der Waals surface area (Å²) < 4.78 is 5.30. The molecule has 0 saturated carbocycles. The lowest BCUT2D eigenvalue weighted by Gasteiger charge is -2.32. The second-order valence-electron chi connectivity index (χ2n) is 4.68. The molecule has 0 bridgehead atoms. The number of rotatable bonds is 9. The van der Waals surface area contributed by atoms with Gasteiger partial charge in [-0.2, -0.15) is 0 Å². The highest BCUT2D eigenvalue weighted by atomic mass is 32.1. The molecule has 1 atom stereocenters. The molecule has 0 spiro atoms. The lowest BCUT2D eigenvalue weighted by molar-refractivity contribution is 0.145. The third kappa shape index (κ3) is 7.84. The first-order chi connectivity index (χ1) is 8.52. The van der Waals surface area contributed by atoms with Gasteiger partial charge in [-0.15, -0.1) is 0 Å². The minimum absolute atomic E-state index is 0.428. The average Bonchev–Trinajstić information content (AvgIpc) is 2.28. The summed E-state index contributed by atoms with van der Waals surface area (Å²) in [6, 6.07) is 0.428. The first-order valence-corrected chi connectivity index (χ1v) is 7.20. The summed E-state index contributed by atoms with van der Waals surface area (Å²) in [7, 11) is 4.17. The lowest BCUT2D eigenvalue weighted by Crippen LogP contribution is -2.48. The normalized spacial score (nSPS) is 12.6. The smallest absolute Gasteiger partial charge is 0.169 e. The third-order valence-corrected chi connectivity index (χ3v) is 3.09. The molecule has 0 saturated heterocycles. The Morgan fingerprint density at radius 3 is 2.50 bits per heavy atom. The maximum absolute atomic E-state index is 5.44. The molecule has 108 valence electrons. The Morgan fingerprint density at radius 2 is 2.00 bits per heavy atom. The molecule has 0 rings (SSSR count). The van der Waals surface area contributed by atoms with Crippen LogP contribution in [0.15, 0.2) is 0 Å². The lowest BCUT2D eigenvalue weighted by atomic mass is 10.3. The molecule has 5 heteroatoms. The van der Waals surface area contributed by atoms with Gasteiger partial charge in [-0.25, -0.2) is 0 Å². The maximum atomic E-state index is 5.44. The molecular weight excluding hydrogens is 246 g/mol. The molecule has 0 aliphatic carbocycles. The summed E-state index contributed by atoms with van der Waals surface area (Å²) in [5.74, 6) is 0. The highest BCUT2D eigenvalue weighted by Crippen LogP contribution is 2.01. The van der Waals surface area contributed by atoms with Gasteiger partial charge in [-0.1, -0.05) is 0 Å². The van der Waals surface area contributed by atoms with Crippen molar-refractivity contribution in [2.75, 3.05) is 46.9 Å². The van der Waals surface area contributed by atoms with Crippen LogP contribution in [0.25, 0.3) is 0 Å². The molecule has 18 heavy (non-hydrogen) atoms. The molecule has 0 radical (unpaired) electrons. The van der Waals surface area contributed by atoms with Gasteiger partial charge < -0.3 is 19.9 Å². The molecule has 0 aliphatic heterocycles. The molecule has 1 N–H and O–H groups in total. The van der Waals surface area contributed by atoms with E-state index in [2.05, 4.69) is 43.1 Å². The number of likely N-dealkylation sites (N-methyl/N-ethyl adjacent to an activating group) is 2. The van der Waals surface area contributed by atoms with Gasteiger partial charge >= 0.3 is 0 Å². The molecule has 0 aromatic rings. The van der Waals surface area contributed by atoms with E-state index in [4.69, 9.17) is 17.0 Å². The second-order valence-corrected chi connectivity index (χ2v) is 5.07. The fourth-order valence-corrected chi connectivity index (χ4v) is 2.31. The Kier molecular flexibility index (Phi) is 10.3. The SMILES string of the molecule is CCOCCCNC(=S)N(CC)C(C)CN(C)C. The van der Waals surface area contributed by atoms with Gasteiger partial charge in [-0.3, -0.25) is 0 Å². The minimum atomic E-state index is 0.428. The first-order valence-electron chi connectivity index (χ1n) is 6.79. The molecule has 4 nitrogen and oxygen atoms in total. The molecule has 0 aromatic heterocycles. The van der Waals surface area contributed by atoms with Crippen LogP contribution >= 0.6 is 12.2 Å². The largest absolute Gasteiger partial charge is 0.382 e. The zero-order chi connectivity index (χ0) is 14.0. The summed E-state index contributed by atoms with van der Waals surface area (Å²) in [4.78, 5) is 4.42. The molecule has 1 unspecified atom stereocenters. The summed E-state index contributed by atoms with van der Waals surface area (Å²) in [5.41, 5.74) is 0. The Balaban J connectivity index is 3.95. The van der Waals surface area contributed by atoms with Crippen LogP contribution in [0.1, 0.15) is 27.2 Å². The van der Waals surface area contributed by atoms with E-state index < -0.39 is 0 Å². The van der Waals surface area contributed by atoms with E-state index in [1.807, 2.05) is 6.92 Å². The van der Waals surface area contributed by atoms with Crippen molar-refractivity contribution in [3.63, 3.8) is 0 Å². The Morgan fingerprint density at radius 1 is 1.33 bits per heavy atom. The van der Waals surface area contributed by atoms with Crippen LogP contribution in [-0.2, 0) is 4.74 Å². The van der Waals surface area contributed by atoms with Crippen molar-refractivity contribution in [2.24, 2.45) is 0 Å². The van der Waals surface area contributed by atoms with Gasteiger partial charge in [-0.05, 0) is 53.5 Å². The van der Waals surface area contributed by atoms with Crippen molar-refractivity contribution in [1.29, 1.82) is 0 Å². The van der Waals surface area contributed by atoms with E-state index in [1.165, 1.54) is 0 Å². The van der Waals surface area contributed by atoms with Crippen LogP contribution in [0.5, 0.6) is 0 Å². The van der Waals surface area contributed by atoms with E-state index in [0.717, 1.165) is 44.4 Å². The molecule has 0 aliphatic rings. The van der Waals surface area contributed by atoms with E-state index in [1.54, 1.807) is 0 Å². The molecule has 0 heterocycles. The summed E-state index contributed by atoms with van der Waals surface area (Å²) in [6.07, 6.45) is 0.994. The zero-order valence-corrected chi connectivity index (χ0v) is 13.3. The van der Waals surface area contributed by atoms with Crippen LogP contribution < -0.4 is 5.32 Å². The summed E-state index contributed by atoms with van der Waals surface area (Å²) in [5, 5.41) is 4.16. The highest BCUT2D eigenvalue weighted by Gasteiger charge is 2.15. The molecule has 0 fully saturated rings. The van der Waals surface area contributed by atoms with E-state index in [9.17, 15) is 0 Å². The van der Waals surface area contributed by atoms with E-state index in [0.29, 0.717) is 6.04 Å². The van der Waals surface area contributed by atoms with Crippen molar-refractivity contribution >= 4 is 17.3 Å². The number of nitrogens with zero attached hydrogens (tertiary/aromatic N) is 2. The average molecular weight is 275 g/mol. The van der Waals surface area contributed by atoms with Crippen molar-refractivity contribution < 1.29 is 4.74 Å². The molecular formula is C13H29N3OS. The van der Waals surface area contributed by atoms with E-state index >= 15 is 0 Å². The fraction of sp³-hybridized carbons (Fsp3) is 0.923. The number of ether oxygens (including phenoxy) is 1. The topological polar surface area (TPSA) is 27.7 Å². The number of hydrogen-bond acceptors (Lipinski definition) is 3. The monoisotopic (exact) mass is 275 g/mol. The highest BCUT2D eigenvalue weighted by molar-refractivity contribution is 7.80. The van der Waals surface area contributed by atoms with Gasteiger partial charge in [0.2, 0.25) is 0 Å².